The molecule has 2 amide bonds. The summed E-state index contributed by atoms with van der Waals surface area (Å²) in [6.07, 6.45) is 1.55. The Hall–Kier alpha value is -3.80. The normalized spacial score (nSPS) is 14.1. The molecule has 3 aromatic carbocycles. The minimum Gasteiger partial charge on any atom is -0.371 e. The Bertz CT molecular complexity index is 1040. The number of rotatable bonds is 6. The van der Waals surface area contributed by atoms with Crippen molar-refractivity contribution in [1.82, 2.24) is 0 Å². The fourth-order valence-corrected chi connectivity index (χ4v) is 3.84. The number of nitrogens with two attached hydrogens (primary N) is 1. The number of para-hydroxylation sites is 2. The van der Waals surface area contributed by atoms with Crippen LogP contribution in [-0.4, -0.2) is 24.9 Å². The number of primary amides is 1. The zero-order chi connectivity index (χ0) is 21.6. The standard InChI is InChI=1S/C25H26N4O2/c26-24(30)18-14-16-29(17-15-18)21-12-10-20(11-13-21)28-25(31)22-8-4-5-9-23(22)27-19-6-2-1-3-7-19/h1-13,18,27H,14-17H2,(H2,26,30)(H,28,31). The first-order valence-corrected chi connectivity index (χ1v) is 10.5. The van der Waals surface area contributed by atoms with Crippen LogP contribution in [0.3, 0.4) is 0 Å². The zero-order valence-electron chi connectivity index (χ0n) is 17.3. The van der Waals surface area contributed by atoms with Crippen LogP contribution in [0.4, 0.5) is 22.7 Å². The predicted molar refractivity (Wildman–Crippen MR) is 125 cm³/mol. The van der Waals surface area contributed by atoms with Crippen molar-refractivity contribution >= 4 is 34.6 Å². The van der Waals surface area contributed by atoms with Crippen molar-refractivity contribution < 1.29 is 9.59 Å². The number of piperidine rings is 1. The Morgan fingerprint density at radius 1 is 0.806 bits per heavy atom. The summed E-state index contributed by atoms with van der Waals surface area (Å²) in [6.45, 7) is 1.61. The molecule has 0 spiro atoms. The summed E-state index contributed by atoms with van der Waals surface area (Å²) >= 11 is 0. The van der Waals surface area contributed by atoms with Crippen LogP contribution in [0.2, 0.25) is 0 Å². The number of benzene rings is 3. The summed E-state index contributed by atoms with van der Waals surface area (Å²) in [4.78, 5) is 26.5. The van der Waals surface area contributed by atoms with E-state index in [0.29, 0.717) is 5.56 Å². The summed E-state index contributed by atoms with van der Waals surface area (Å²) in [7, 11) is 0. The second-order valence-corrected chi connectivity index (χ2v) is 7.70. The highest BCUT2D eigenvalue weighted by molar-refractivity contribution is 6.08. The first-order chi connectivity index (χ1) is 15.1. The lowest BCUT2D eigenvalue weighted by Gasteiger charge is -2.32. The van der Waals surface area contributed by atoms with Gasteiger partial charge in [0, 0.05) is 36.1 Å². The highest BCUT2D eigenvalue weighted by Gasteiger charge is 2.23. The van der Waals surface area contributed by atoms with Gasteiger partial charge in [-0.25, -0.2) is 0 Å². The lowest BCUT2D eigenvalue weighted by molar-refractivity contribution is -0.122. The van der Waals surface area contributed by atoms with E-state index in [-0.39, 0.29) is 17.7 Å². The molecule has 6 heteroatoms. The van der Waals surface area contributed by atoms with Crippen LogP contribution in [0.15, 0.2) is 78.9 Å². The first kappa shape index (κ1) is 20.5. The van der Waals surface area contributed by atoms with Gasteiger partial charge in [-0.05, 0) is 61.4 Å². The van der Waals surface area contributed by atoms with Crippen LogP contribution >= 0.6 is 0 Å². The van der Waals surface area contributed by atoms with E-state index in [1.54, 1.807) is 6.07 Å². The van der Waals surface area contributed by atoms with E-state index < -0.39 is 0 Å². The maximum absolute atomic E-state index is 12.9. The Morgan fingerprint density at radius 3 is 2.13 bits per heavy atom. The Morgan fingerprint density at radius 2 is 1.45 bits per heavy atom. The van der Waals surface area contributed by atoms with Gasteiger partial charge < -0.3 is 21.3 Å². The molecule has 1 aliphatic rings. The summed E-state index contributed by atoms with van der Waals surface area (Å²) in [5.41, 5.74) is 9.47. The first-order valence-electron chi connectivity index (χ1n) is 10.5. The third-order valence-corrected chi connectivity index (χ3v) is 5.61. The molecule has 0 atom stereocenters. The van der Waals surface area contributed by atoms with Crippen molar-refractivity contribution in [3.8, 4) is 0 Å². The van der Waals surface area contributed by atoms with E-state index in [9.17, 15) is 9.59 Å². The summed E-state index contributed by atoms with van der Waals surface area (Å²) in [5, 5.41) is 6.28. The van der Waals surface area contributed by atoms with Crippen molar-refractivity contribution in [2.24, 2.45) is 11.7 Å². The molecule has 0 saturated carbocycles. The lowest BCUT2D eigenvalue weighted by Crippen LogP contribution is -2.38. The highest BCUT2D eigenvalue weighted by Crippen LogP contribution is 2.26. The second kappa shape index (κ2) is 9.34. The Kier molecular flexibility index (Phi) is 6.17. The van der Waals surface area contributed by atoms with Crippen molar-refractivity contribution in [2.45, 2.75) is 12.8 Å². The number of carbonyl (C=O) groups excluding carboxylic acids is 2. The quantitative estimate of drug-likeness (QED) is 0.558. The molecule has 4 N–H and O–H groups in total. The SMILES string of the molecule is NC(=O)C1CCN(c2ccc(NC(=O)c3ccccc3Nc3ccccc3)cc2)CC1. The summed E-state index contributed by atoms with van der Waals surface area (Å²) in [5.74, 6) is -0.409. The Balaban J connectivity index is 1.41. The van der Waals surface area contributed by atoms with Crippen molar-refractivity contribution in [1.29, 1.82) is 0 Å². The van der Waals surface area contributed by atoms with Gasteiger partial charge in [0.2, 0.25) is 5.91 Å². The van der Waals surface area contributed by atoms with Crippen molar-refractivity contribution in [3.05, 3.63) is 84.4 Å². The van der Waals surface area contributed by atoms with Gasteiger partial charge in [0.15, 0.2) is 0 Å². The van der Waals surface area contributed by atoms with E-state index in [2.05, 4.69) is 15.5 Å². The summed E-state index contributed by atoms with van der Waals surface area (Å²) < 4.78 is 0. The molecule has 1 heterocycles. The van der Waals surface area contributed by atoms with Gasteiger partial charge in [-0.3, -0.25) is 9.59 Å². The van der Waals surface area contributed by atoms with Crippen LogP contribution < -0.4 is 21.3 Å². The minimum absolute atomic E-state index is 0.0284. The third kappa shape index (κ3) is 5.04. The number of hydrogen-bond donors (Lipinski definition) is 3. The molecule has 0 bridgehead atoms. The largest absolute Gasteiger partial charge is 0.371 e. The predicted octanol–water partition coefficient (Wildman–Crippen LogP) is 4.38. The van der Waals surface area contributed by atoms with E-state index >= 15 is 0 Å². The van der Waals surface area contributed by atoms with Crippen LogP contribution in [0.5, 0.6) is 0 Å². The minimum atomic E-state index is -0.209. The maximum Gasteiger partial charge on any atom is 0.257 e. The number of anilines is 4. The van der Waals surface area contributed by atoms with Crippen LogP contribution in [0, 0.1) is 5.92 Å². The van der Waals surface area contributed by atoms with Gasteiger partial charge in [0.25, 0.3) is 5.91 Å². The van der Waals surface area contributed by atoms with Gasteiger partial charge in [0.1, 0.15) is 0 Å². The van der Waals surface area contributed by atoms with E-state index in [0.717, 1.165) is 48.7 Å². The van der Waals surface area contributed by atoms with Gasteiger partial charge in [-0.15, -0.1) is 0 Å². The fourth-order valence-electron chi connectivity index (χ4n) is 3.84. The summed E-state index contributed by atoms with van der Waals surface area (Å²) in [6, 6.07) is 25.0. The molecular weight excluding hydrogens is 388 g/mol. The number of nitrogens with one attached hydrogen (secondary N) is 2. The van der Waals surface area contributed by atoms with Gasteiger partial charge >= 0.3 is 0 Å². The highest BCUT2D eigenvalue weighted by atomic mass is 16.2. The van der Waals surface area contributed by atoms with Gasteiger partial charge in [0.05, 0.1) is 11.3 Å². The topological polar surface area (TPSA) is 87.5 Å². The molecule has 4 rings (SSSR count). The van der Waals surface area contributed by atoms with Gasteiger partial charge in [-0.1, -0.05) is 30.3 Å². The number of amides is 2. The lowest BCUT2D eigenvalue weighted by atomic mass is 9.96. The van der Waals surface area contributed by atoms with Crippen LogP contribution in [-0.2, 0) is 4.79 Å². The molecular formula is C25H26N4O2. The van der Waals surface area contributed by atoms with Gasteiger partial charge in [-0.2, -0.15) is 0 Å². The average molecular weight is 415 g/mol. The smallest absolute Gasteiger partial charge is 0.257 e. The second-order valence-electron chi connectivity index (χ2n) is 7.70. The molecule has 0 aliphatic carbocycles. The zero-order valence-corrected chi connectivity index (χ0v) is 17.3. The molecule has 1 aliphatic heterocycles. The number of nitrogens with zero attached hydrogens (tertiary/aromatic N) is 1. The molecule has 0 radical (unpaired) electrons. The maximum atomic E-state index is 12.9. The Labute approximate surface area is 182 Å². The molecule has 0 aromatic heterocycles. The van der Waals surface area contributed by atoms with Crippen LogP contribution in [0.25, 0.3) is 0 Å². The van der Waals surface area contributed by atoms with Crippen LogP contribution in [0.1, 0.15) is 23.2 Å². The molecule has 0 unspecified atom stereocenters. The van der Waals surface area contributed by atoms with E-state index in [4.69, 9.17) is 5.73 Å². The molecule has 1 fully saturated rings. The van der Waals surface area contributed by atoms with Crippen molar-refractivity contribution in [2.75, 3.05) is 28.6 Å². The number of hydrogen-bond acceptors (Lipinski definition) is 4. The molecule has 31 heavy (non-hydrogen) atoms. The van der Waals surface area contributed by atoms with Crippen molar-refractivity contribution in [3.63, 3.8) is 0 Å². The van der Waals surface area contributed by atoms with E-state index in [1.165, 1.54) is 0 Å². The monoisotopic (exact) mass is 414 g/mol. The van der Waals surface area contributed by atoms with E-state index in [1.807, 2.05) is 72.8 Å². The molecule has 158 valence electrons. The molecule has 3 aromatic rings. The third-order valence-electron chi connectivity index (χ3n) is 5.61. The number of carbonyl (C=O) groups is 2. The fraction of sp³-hybridized carbons (Fsp3) is 0.200. The molecule has 6 nitrogen and oxygen atoms in total. The molecule has 1 saturated heterocycles. The average Bonchev–Trinajstić information content (AvgIpc) is 2.81.